The van der Waals surface area contributed by atoms with Crippen LogP contribution in [0.1, 0.15) is 26.3 Å². The SMILES string of the molecule is COc1ccc(CN(C)C(=O)OC(C)(C)C)cc1. The lowest BCUT2D eigenvalue weighted by Gasteiger charge is -2.24. The molecule has 4 nitrogen and oxygen atoms in total. The van der Waals surface area contributed by atoms with Crippen molar-refractivity contribution >= 4 is 6.09 Å². The molecule has 0 aliphatic heterocycles. The molecule has 0 saturated heterocycles. The van der Waals surface area contributed by atoms with Crippen molar-refractivity contribution in [1.29, 1.82) is 0 Å². The van der Waals surface area contributed by atoms with Gasteiger partial charge in [0.2, 0.25) is 0 Å². The fourth-order valence-electron chi connectivity index (χ4n) is 1.41. The molecular weight excluding hydrogens is 230 g/mol. The van der Waals surface area contributed by atoms with E-state index in [0.29, 0.717) is 6.54 Å². The smallest absolute Gasteiger partial charge is 0.410 e. The summed E-state index contributed by atoms with van der Waals surface area (Å²) in [7, 11) is 3.35. The number of carbonyl (C=O) groups excluding carboxylic acids is 1. The third kappa shape index (κ3) is 4.65. The minimum absolute atomic E-state index is 0.321. The number of rotatable bonds is 3. The van der Waals surface area contributed by atoms with Gasteiger partial charge in [-0.15, -0.1) is 0 Å². The molecule has 0 bridgehead atoms. The maximum atomic E-state index is 11.8. The zero-order valence-corrected chi connectivity index (χ0v) is 11.7. The van der Waals surface area contributed by atoms with Gasteiger partial charge in [0.05, 0.1) is 7.11 Å². The first kappa shape index (κ1) is 14.4. The van der Waals surface area contributed by atoms with E-state index in [0.717, 1.165) is 11.3 Å². The van der Waals surface area contributed by atoms with Gasteiger partial charge in [0.1, 0.15) is 11.4 Å². The van der Waals surface area contributed by atoms with E-state index in [1.165, 1.54) is 0 Å². The van der Waals surface area contributed by atoms with Crippen LogP contribution < -0.4 is 4.74 Å². The van der Waals surface area contributed by atoms with Crippen LogP contribution in [-0.2, 0) is 11.3 Å². The largest absolute Gasteiger partial charge is 0.497 e. The number of carbonyl (C=O) groups is 1. The van der Waals surface area contributed by atoms with Crippen LogP contribution in [0.5, 0.6) is 5.75 Å². The van der Waals surface area contributed by atoms with Crippen molar-refractivity contribution in [1.82, 2.24) is 4.90 Å². The molecular formula is C14H21NO3. The topological polar surface area (TPSA) is 38.8 Å². The predicted octanol–water partition coefficient (Wildman–Crippen LogP) is 3.06. The normalized spacial score (nSPS) is 10.9. The molecule has 4 heteroatoms. The zero-order valence-electron chi connectivity index (χ0n) is 11.7. The first-order valence-corrected chi connectivity index (χ1v) is 5.89. The number of ether oxygens (including phenoxy) is 2. The summed E-state index contributed by atoms with van der Waals surface area (Å²) >= 11 is 0. The molecule has 0 spiro atoms. The van der Waals surface area contributed by atoms with E-state index in [2.05, 4.69) is 0 Å². The summed E-state index contributed by atoms with van der Waals surface area (Å²) < 4.78 is 10.4. The average Bonchev–Trinajstić information content (AvgIpc) is 2.27. The highest BCUT2D eigenvalue weighted by atomic mass is 16.6. The quantitative estimate of drug-likeness (QED) is 0.828. The van der Waals surface area contributed by atoms with Gasteiger partial charge < -0.3 is 14.4 Å². The molecule has 0 aromatic heterocycles. The Balaban J connectivity index is 2.58. The van der Waals surface area contributed by atoms with E-state index >= 15 is 0 Å². The van der Waals surface area contributed by atoms with Crippen molar-refractivity contribution in [2.45, 2.75) is 32.9 Å². The minimum Gasteiger partial charge on any atom is -0.497 e. The zero-order chi connectivity index (χ0) is 13.8. The number of benzene rings is 1. The van der Waals surface area contributed by atoms with Gasteiger partial charge in [-0.05, 0) is 38.5 Å². The lowest BCUT2D eigenvalue weighted by Crippen LogP contribution is -2.33. The second-order valence-electron chi connectivity index (χ2n) is 5.18. The van der Waals surface area contributed by atoms with Gasteiger partial charge in [-0.2, -0.15) is 0 Å². The lowest BCUT2D eigenvalue weighted by molar-refractivity contribution is 0.0285. The maximum absolute atomic E-state index is 11.8. The molecule has 0 saturated carbocycles. The van der Waals surface area contributed by atoms with Crippen LogP contribution >= 0.6 is 0 Å². The predicted molar refractivity (Wildman–Crippen MR) is 70.7 cm³/mol. The van der Waals surface area contributed by atoms with E-state index < -0.39 is 5.60 Å². The Bertz CT molecular complexity index is 392. The van der Waals surface area contributed by atoms with Gasteiger partial charge in [0.25, 0.3) is 0 Å². The van der Waals surface area contributed by atoms with Gasteiger partial charge in [-0.1, -0.05) is 12.1 Å². The highest BCUT2D eigenvalue weighted by Gasteiger charge is 2.19. The van der Waals surface area contributed by atoms with Gasteiger partial charge in [0, 0.05) is 13.6 Å². The molecule has 1 amide bonds. The second-order valence-corrected chi connectivity index (χ2v) is 5.18. The van der Waals surface area contributed by atoms with Crippen molar-refractivity contribution < 1.29 is 14.3 Å². The summed E-state index contributed by atoms with van der Waals surface area (Å²) in [5, 5.41) is 0. The molecule has 1 aromatic rings. The molecule has 0 fully saturated rings. The number of hydrogen-bond acceptors (Lipinski definition) is 3. The van der Waals surface area contributed by atoms with Crippen LogP contribution in [0.2, 0.25) is 0 Å². The van der Waals surface area contributed by atoms with Crippen molar-refractivity contribution in [3.05, 3.63) is 29.8 Å². The highest BCUT2D eigenvalue weighted by Crippen LogP contribution is 2.14. The summed E-state index contributed by atoms with van der Waals surface area (Å²) in [5.41, 5.74) is 0.565. The molecule has 1 rings (SSSR count). The van der Waals surface area contributed by atoms with Gasteiger partial charge >= 0.3 is 6.09 Å². The van der Waals surface area contributed by atoms with Crippen LogP contribution in [0.3, 0.4) is 0 Å². The minimum atomic E-state index is -0.467. The first-order valence-electron chi connectivity index (χ1n) is 5.89. The summed E-state index contributed by atoms with van der Waals surface area (Å²) in [4.78, 5) is 13.3. The Morgan fingerprint density at radius 2 is 1.78 bits per heavy atom. The van der Waals surface area contributed by atoms with E-state index in [1.807, 2.05) is 45.0 Å². The van der Waals surface area contributed by atoms with Crippen LogP contribution in [0, 0.1) is 0 Å². The van der Waals surface area contributed by atoms with Gasteiger partial charge in [0.15, 0.2) is 0 Å². The summed E-state index contributed by atoms with van der Waals surface area (Å²) in [6, 6.07) is 7.61. The summed E-state index contributed by atoms with van der Waals surface area (Å²) in [5.74, 6) is 0.804. The first-order chi connectivity index (χ1) is 8.31. The molecule has 0 aliphatic rings. The Morgan fingerprint density at radius 3 is 2.22 bits per heavy atom. The summed E-state index contributed by atoms with van der Waals surface area (Å²) in [6.45, 7) is 6.07. The van der Waals surface area contributed by atoms with E-state index in [4.69, 9.17) is 9.47 Å². The highest BCUT2D eigenvalue weighted by molar-refractivity contribution is 5.67. The number of hydrogen-bond donors (Lipinski definition) is 0. The van der Waals surface area contributed by atoms with E-state index in [9.17, 15) is 4.79 Å². The third-order valence-corrected chi connectivity index (χ3v) is 2.28. The van der Waals surface area contributed by atoms with Crippen LogP contribution in [-0.4, -0.2) is 30.8 Å². The molecule has 100 valence electrons. The molecule has 18 heavy (non-hydrogen) atoms. The van der Waals surface area contributed by atoms with Crippen molar-refractivity contribution in [3.63, 3.8) is 0 Å². The second kappa shape index (κ2) is 5.76. The Kier molecular flexibility index (Phi) is 4.59. The monoisotopic (exact) mass is 251 g/mol. The molecule has 0 heterocycles. The fourth-order valence-corrected chi connectivity index (χ4v) is 1.41. The molecule has 0 aliphatic carbocycles. The fraction of sp³-hybridized carbons (Fsp3) is 0.500. The third-order valence-electron chi connectivity index (χ3n) is 2.28. The Hall–Kier alpha value is -1.71. The van der Waals surface area contributed by atoms with Crippen LogP contribution in [0.4, 0.5) is 4.79 Å². The van der Waals surface area contributed by atoms with Crippen LogP contribution in [0.25, 0.3) is 0 Å². The Labute approximate surface area is 108 Å². The lowest BCUT2D eigenvalue weighted by atomic mass is 10.2. The van der Waals surface area contributed by atoms with Crippen molar-refractivity contribution in [3.8, 4) is 5.75 Å². The van der Waals surface area contributed by atoms with E-state index in [-0.39, 0.29) is 6.09 Å². The number of methoxy groups -OCH3 is 1. The van der Waals surface area contributed by atoms with E-state index in [1.54, 1.807) is 19.1 Å². The van der Waals surface area contributed by atoms with Crippen molar-refractivity contribution in [2.75, 3.05) is 14.2 Å². The molecule has 0 atom stereocenters. The Morgan fingerprint density at radius 1 is 1.22 bits per heavy atom. The molecule has 0 N–H and O–H groups in total. The summed E-state index contributed by atoms with van der Waals surface area (Å²) in [6.07, 6.45) is -0.321. The molecule has 1 aromatic carbocycles. The van der Waals surface area contributed by atoms with Crippen LogP contribution in [0.15, 0.2) is 24.3 Å². The molecule has 0 radical (unpaired) electrons. The maximum Gasteiger partial charge on any atom is 0.410 e. The van der Waals surface area contributed by atoms with Crippen molar-refractivity contribution in [2.24, 2.45) is 0 Å². The standard InChI is InChI=1S/C14H21NO3/c1-14(2,3)18-13(16)15(4)10-11-6-8-12(17-5)9-7-11/h6-9H,10H2,1-5H3. The average molecular weight is 251 g/mol. The van der Waals surface area contributed by atoms with Gasteiger partial charge in [-0.25, -0.2) is 4.79 Å². The van der Waals surface area contributed by atoms with Gasteiger partial charge in [-0.3, -0.25) is 0 Å². The molecule has 0 unspecified atom stereocenters. The number of amides is 1. The number of nitrogens with zero attached hydrogens (tertiary/aromatic N) is 1.